The third-order valence-corrected chi connectivity index (χ3v) is 3.67. The minimum atomic E-state index is -1.14. The summed E-state index contributed by atoms with van der Waals surface area (Å²) in [6, 6.07) is 10.6. The summed E-state index contributed by atoms with van der Waals surface area (Å²) in [5.74, 6) is -1.90. The van der Waals surface area contributed by atoms with E-state index in [1.165, 1.54) is 12.3 Å². The highest BCUT2D eigenvalue weighted by atomic mass is 16.4. The van der Waals surface area contributed by atoms with E-state index in [0.717, 1.165) is 0 Å². The van der Waals surface area contributed by atoms with E-state index in [4.69, 9.17) is 4.42 Å². The first-order valence-electron chi connectivity index (χ1n) is 8.52. The number of carboxylic acid groups (broad SMARTS) is 1. The van der Waals surface area contributed by atoms with Gasteiger partial charge in [-0.05, 0) is 36.6 Å². The molecule has 2 amide bonds. The van der Waals surface area contributed by atoms with Gasteiger partial charge in [-0.3, -0.25) is 9.59 Å². The van der Waals surface area contributed by atoms with Crippen molar-refractivity contribution in [2.45, 2.75) is 26.3 Å². The Morgan fingerprint density at radius 1 is 1.11 bits per heavy atom. The van der Waals surface area contributed by atoms with E-state index in [0.29, 0.717) is 11.3 Å². The van der Waals surface area contributed by atoms with Gasteiger partial charge in [-0.2, -0.15) is 0 Å². The lowest BCUT2D eigenvalue weighted by atomic mass is 10.0. The topological polar surface area (TPSA) is 109 Å². The molecule has 0 radical (unpaired) electrons. The van der Waals surface area contributed by atoms with Crippen LogP contribution in [0.3, 0.4) is 0 Å². The van der Waals surface area contributed by atoms with Gasteiger partial charge >= 0.3 is 5.97 Å². The minimum Gasteiger partial charge on any atom is -0.480 e. The van der Waals surface area contributed by atoms with Crippen LogP contribution in [0.25, 0.3) is 6.08 Å². The van der Waals surface area contributed by atoms with Crippen molar-refractivity contribution >= 4 is 23.9 Å². The van der Waals surface area contributed by atoms with E-state index < -0.39 is 23.8 Å². The van der Waals surface area contributed by atoms with Gasteiger partial charge in [0.25, 0.3) is 11.8 Å². The van der Waals surface area contributed by atoms with Crippen molar-refractivity contribution in [3.05, 3.63) is 65.7 Å². The number of rotatable bonds is 8. The molecule has 2 rings (SSSR count). The molecular weight excluding hydrogens is 348 g/mol. The highest BCUT2D eigenvalue weighted by Crippen LogP contribution is 2.10. The number of carbonyl (C=O) groups excluding carboxylic acids is 2. The van der Waals surface area contributed by atoms with Crippen molar-refractivity contribution < 1.29 is 23.9 Å². The Kier molecular flexibility index (Phi) is 6.93. The van der Waals surface area contributed by atoms with Crippen LogP contribution < -0.4 is 10.6 Å². The minimum absolute atomic E-state index is 0.0720. The van der Waals surface area contributed by atoms with E-state index in [-0.39, 0.29) is 18.0 Å². The molecule has 142 valence electrons. The number of hydrogen-bond acceptors (Lipinski definition) is 4. The van der Waals surface area contributed by atoms with Crippen LogP contribution in [0.4, 0.5) is 0 Å². The summed E-state index contributed by atoms with van der Waals surface area (Å²) in [6.45, 7) is 3.72. The lowest BCUT2D eigenvalue weighted by Gasteiger charge is -2.18. The van der Waals surface area contributed by atoms with E-state index in [2.05, 4.69) is 10.6 Å². The number of hydrogen-bond donors (Lipinski definition) is 3. The third kappa shape index (κ3) is 6.14. The summed E-state index contributed by atoms with van der Waals surface area (Å²) in [6.07, 6.45) is 3.05. The van der Waals surface area contributed by atoms with Gasteiger partial charge in [0.1, 0.15) is 17.5 Å². The molecule has 0 aliphatic carbocycles. The van der Waals surface area contributed by atoms with Gasteiger partial charge in [0.2, 0.25) is 0 Å². The summed E-state index contributed by atoms with van der Waals surface area (Å²) < 4.78 is 5.19. The molecule has 3 N–H and O–H groups in total. The smallest absolute Gasteiger partial charge is 0.326 e. The SMILES string of the molecule is CC(C)C[C@H](NC(=O)C(=Cc1ccco1)NC(=O)c1ccccc1)C(=O)O. The molecule has 0 spiro atoms. The van der Waals surface area contributed by atoms with E-state index in [1.54, 1.807) is 42.5 Å². The second kappa shape index (κ2) is 9.38. The number of benzene rings is 1. The van der Waals surface area contributed by atoms with Crippen molar-refractivity contribution in [2.24, 2.45) is 5.92 Å². The number of carbonyl (C=O) groups is 3. The predicted octanol–water partition coefficient (Wildman–Crippen LogP) is 2.67. The summed E-state index contributed by atoms with van der Waals surface area (Å²) in [5.41, 5.74) is 0.265. The van der Waals surface area contributed by atoms with Crippen LogP contribution in [0.15, 0.2) is 58.8 Å². The maximum atomic E-state index is 12.6. The lowest BCUT2D eigenvalue weighted by molar-refractivity contribution is -0.141. The second-order valence-corrected chi connectivity index (χ2v) is 6.39. The van der Waals surface area contributed by atoms with E-state index >= 15 is 0 Å². The maximum Gasteiger partial charge on any atom is 0.326 e. The number of furan rings is 1. The predicted molar refractivity (Wildman–Crippen MR) is 99.6 cm³/mol. The van der Waals surface area contributed by atoms with E-state index in [1.807, 2.05) is 13.8 Å². The molecule has 1 aromatic carbocycles. The molecule has 0 aliphatic heterocycles. The zero-order valence-corrected chi connectivity index (χ0v) is 15.1. The molecule has 1 atom stereocenters. The molecular formula is C20H22N2O5. The molecule has 0 saturated heterocycles. The molecule has 2 aromatic rings. The van der Waals surface area contributed by atoms with Crippen LogP contribution in [0.1, 0.15) is 36.4 Å². The molecule has 0 saturated carbocycles. The average Bonchev–Trinajstić information content (AvgIpc) is 3.13. The molecule has 7 nitrogen and oxygen atoms in total. The average molecular weight is 370 g/mol. The van der Waals surface area contributed by atoms with Crippen LogP contribution in [0.5, 0.6) is 0 Å². The monoisotopic (exact) mass is 370 g/mol. The normalized spacial score (nSPS) is 12.5. The fourth-order valence-electron chi connectivity index (χ4n) is 2.39. The van der Waals surface area contributed by atoms with Gasteiger partial charge in [0, 0.05) is 11.6 Å². The number of nitrogens with one attached hydrogen (secondary N) is 2. The summed E-state index contributed by atoms with van der Waals surface area (Å²) in [5, 5.41) is 14.3. The Balaban J connectivity index is 2.23. The molecule has 0 bridgehead atoms. The van der Waals surface area contributed by atoms with Crippen molar-refractivity contribution in [2.75, 3.05) is 0 Å². The first kappa shape index (κ1) is 20.0. The van der Waals surface area contributed by atoms with Crippen molar-refractivity contribution in [3.63, 3.8) is 0 Å². The highest BCUT2D eigenvalue weighted by molar-refractivity contribution is 6.05. The number of carboxylic acids is 1. The van der Waals surface area contributed by atoms with Gasteiger partial charge in [-0.15, -0.1) is 0 Å². The molecule has 27 heavy (non-hydrogen) atoms. The lowest BCUT2D eigenvalue weighted by Crippen LogP contribution is -2.45. The van der Waals surface area contributed by atoms with Gasteiger partial charge in [-0.25, -0.2) is 4.79 Å². The quantitative estimate of drug-likeness (QED) is 0.619. The van der Waals surface area contributed by atoms with Crippen molar-refractivity contribution in [3.8, 4) is 0 Å². The summed E-state index contributed by atoms with van der Waals surface area (Å²) >= 11 is 0. The highest BCUT2D eigenvalue weighted by Gasteiger charge is 2.24. The Morgan fingerprint density at radius 3 is 2.37 bits per heavy atom. The molecule has 0 aliphatic rings. The summed E-state index contributed by atoms with van der Waals surface area (Å²) in [4.78, 5) is 36.5. The van der Waals surface area contributed by atoms with Crippen LogP contribution in [0, 0.1) is 5.92 Å². The summed E-state index contributed by atoms with van der Waals surface area (Å²) in [7, 11) is 0. The Labute approximate surface area is 157 Å². The van der Waals surface area contributed by atoms with Crippen LogP contribution in [-0.2, 0) is 9.59 Å². The molecule has 7 heteroatoms. The molecule has 1 aromatic heterocycles. The number of aliphatic carboxylic acids is 1. The van der Waals surface area contributed by atoms with Gasteiger partial charge in [0.15, 0.2) is 0 Å². The van der Waals surface area contributed by atoms with E-state index in [9.17, 15) is 19.5 Å². The number of amides is 2. The first-order chi connectivity index (χ1) is 12.9. The Morgan fingerprint density at radius 2 is 1.81 bits per heavy atom. The fourth-order valence-corrected chi connectivity index (χ4v) is 2.39. The second-order valence-electron chi connectivity index (χ2n) is 6.39. The van der Waals surface area contributed by atoms with Crippen molar-refractivity contribution in [1.82, 2.24) is 10.6 Å². The van der Waals surface area contributed by atoms with Crippen LogP contribution in [-0.4, -0.2) is 28.9 Å². The largest absolute Gasteiger partial charge is 0.480 e. The standard InChI is InChI=1S/C20H22N2O5/c1-13(2)11-17(20(25)26)22-19(24)16(12-15-9-6-10-27-15)21-18(23)14-7-4-3-5-8-14/h3-10,12-13,17H,11H2,1-2H3,(H,21,23)(H,22,24)(H,25,26)/t17-/m0/s1. The molecule has 0 fully saturated rings. The zero-order chi connectivity index (χ0) is 19.8. The third-order valence-electron chi connectivity index (χ3n) is 3.67. The Bertz CT molecular complexity index is 810. The maximum absolute atomic E-state index is 12.6. The van der Waals surface area contributed by atoms with Gasteiger partial charge in [-0.1, -0.05) is 32.0 Å². The van der Waals surface area contributed by atoms with Gasteiger partial charge < -0.3 is 20.2 Å². The molecule has 0 unspecified atom stereocenters. The van der Waals surface area contributed by atoms with Crippen LogP contribution >= 0.6 is 0 Å². The zero-order valence-electron chi connectivity index (χ0n) is 15.1. The van der Waals surface area contributed by atoms with Gasteiger partial charge in [0.05, 0.1) is 6.26 Å². The fraction of sp³-hybridized carbons (Fsp3) is 0.250. The molecule has 1 heterocycles. The first-order valence-corrected chi connectivity index (χ1v) is 8.52. The van der Waals surface area contributed by atoms with Crippen LogP contribution in [0.2, 0.25) is 0 Å². The van der Waals surface area contributed by atoms with Crippen molar-refractivity contribution in [1.29, 1.82) is 0 Å². The Hall–Kier alpha value is -3.35.